The Labute approximate surface area is 328 Å². The van der Waals surface area contributed by atoms with Gasteiger partial charge in [0.15, 0.2) is 50.1 Å². The highest BCUT2D eigenvalue weighted by atomic mass is 35.5. The van der Waals surface area contributed by atoms with Gasteiger partial charge in [-0.05, 0) is 61.2 Å². The smallest absolute Gasteiger partial charge is 0.258 e. The fourth-order valence-electron chi connectivity index (χ4n) is 8.85. The fraction of sp³-hybridized carbons (Fsp3) is 0.225. The summed E-state index contributed by atoms with van der Waals surface area (Å²) >= 11 is 14.3. The predicted molar refractivity (Wildman–Crippen MR) is 193 cm³/mol. The first-order valence-corrected chi connectivity index (χ1v) is 18.1. The molecule has 2 saturated heterocycles. The van der Waals surface area contributed by atoms with Gasteiger partial charge in [-0.3, -0.25) is 24.1 Å². The number of anilines is 2. The molecule has 2 aliphatic carbocycles. The van der Waals surface area contributed by atoms with E-state index in [2.05, 4.69) is 4.98 Å². The number of nitrogens with zero attached hydrogens (tertiary/aromatic N) is 3. The third-order valence-corrected chi connectivity index (χ3v) is 12.9. The Morgan fingerprint density at radius 3 is 2.14 bits per heavy atom. The molecular weight excluding hydrogens is 800 g/mol. The van der Waals surface area contributed by atoms with Gasteiger partial charge in [0.25, 0.3) is 11.8 Å². The van der Waals surface area contributed by atoms with Gasteiger partial charge in [0, 0.05) is 17.0 Å². The summed E-state index contributed by atoms with van der Waals surface area (Å²) in [5.74, 6) is -22.6. The number of rotatable bonds is 5. The molecule has 1 saturated carbocycles. The number of hydrogen-bond acceptors (Lipinski definition) is 8. The van der Waals surface area contributed by atoms with E-state index in [1.54, 1.807) is 36.4 Å². The molecule has 3 fully saturated rings. The van der Waals surface area contributed by atoms with Crippen LogP contribution in [0.3, 0.4) is 0 Å². The van der Waals surface area contributed by atoms with Crippen molar-refractivity contribution in [3.05, 3.63) is 113 Å². The molecule has 4 aromatic carbocycles. The summed E-state index contributed by atoms with van der Waals surface area (Å²) in [7, 11) is 1.22. The molecule has 1 aromatic heterocycles. The molecular formula is C40H24Cl2F5N3O7. The summed E-state index contributed by atoms with van der Waals surface area (Å²) in [4.78, 5) is 57.1. The van der Waals surface area contributed by atoms with Crippen LogP contribution in [0.15, 0.2) is 82.8 Å². The maximum Gasteiger partial charge on any atom is 0.258 e. The first kappa shape index (κ1) is 36.8. The minimum absolute atomic E-state index is 0.0917. The summed E-state index contributed by atoms with van der Waals surface area (Å²) in [6, 6.07) is 17.5. The lowest BCUT2D eigenvalue weighted by Gasteiger charge is -2.50. The first-order valence-electron chi connectivity index (χ1n) is 17.3. The van der Waals surface area contributed by atoms with E-state index in [0.29, 0.717) is 22.6 Å². The molecule has 10 nitrogen and oxygen atoms in total. The first-order chi connectivity index (χ1) is 27.1. The molecule has 0 radical (unpaired) electrons. The molecule has 4 amide bonds. The molecule has 290 valence electrons. The lowest BCUT2D eigenvalue weighted by molar-refractivity contribution is -0.125. The summed E-state index contributed by atoms with van der Waals surface area (Å²) in [5, 5.41) is 11.4. The zero-order valence-electron chi connectivity index (χ0n) is 29.0. The molecule has 9 rings (SSSR count). The lowest BCUT2D eigenvalue weighted by Crippen LogP contribution is -2.60. The highest BCUT2D eigenvalue weighted by Crippen LogP contribution is 2.67. The number of aromatic nitrogens is 1. The van der Waals surface area contributed by atoms with Crippen LogP contribution < -0.4 is 14.5 Å². The van der Waals surface area contributed by atoms with Gasteiger partial charge in [-0.15, -0.1) is 23.2 Å². The number of oxazole rings is 1. The van der Waals surface area contributed by atoms with Crippen molar-refractivity contribution in [3.8, 4) is 23.0 Å². The molecule has 0 spiro atoms. The van der Waals surface area contributed by atoms with E-state index in [9.17, 15) is 37.5 Å². The largest absolute Gasteiger partial charge is 0.504 e. The molecule has 17 heteroatoms. The summed E-state index contributed by atoms with van der Waals surface area (Å²) < 4.78 is 85.0. The van der Waals surface area contributed by atoms with E-state index in [1.165, 1.54) is 43.5 Å². The molecule has 1 N–H and O–H groups in total. The van der Waals surface area contributed by atoms with E-state index >= 15 is 8.78 Å². The number of amides is 4. The van der Waals surface area contributed by atoms with Crippen molar-refractivity contribution in [1.82, 2.24) is 4.98 Å². The van der Waals surface area contributed by atoms with Crippen molar-refractivity contribution in [2.75, 3.05) is 16.9 Å². The van der Waals surface area contributed by atoms with Crippen molar-refractivity contribution in [3.63, 3.8) is 0 Å². The van der Waals surface area contributed by atoms with Crippen LogP contribution in [0, 0.1) is 46.8 Å². The van der Waals surface area contributed by atoms with Crippen LogP contribution in [-0.4, -0.2) is 50.6 Å². The molecule has 3 heterocycles. The Morgan fingerprint density at radius 2 is 1.47 bits per heavy atom. The van der Waals surface area contributed by atoms with Gasteiger partial charge in [0.05, 0.1) is 24.6 Å². The zero-order valence-corrected chi connectivity index (χ0v) is 30.5. The van der Waals surface area contributed by atoms with Gasteiger partial charge >= 0.3 is 0 Å². The summed E-state index contributed by atoms with van der Waals surface area (Å²) in [6.07, 6.45) is 0.734. The normalized spacial score (nSPS) is 26.8. The zero-order chi connectivity index (χ0) is 40.5. The van der Waals surface area contributed by atoms with Crippen molar-refractivity contribution in [1.29, 1.82) is 0 Å². The minimum atomic E-state index is -2.81. The Hall–Kier alpha value is -5.80. The number of para-hydroxylation sites is 3. The summed E-state index contributed by atoms with van der Waals surface area (Å²) in [6.45, 7) is 0. The lowest BCUT2D eigenvalue weighted by atomic mass is 9.56. The maximum absolute atomic E-state index is 15.3. The van der Waals surface area contributed by atoms with Gasteiger partial charge < -0.3 is 14.3 Å². The minimum Gasteiger partial charge on any atom is -0.504 e. The number of halogens is 7. The molecule has 0 unspecified atom stereocenters. The van der Waals surface area contributed by atoms with Crippen LogP contribution in [-0.2, 0) is 19.2 Å². The fourth-order valence-corrected chi connectivity index (χ4v) is 9.78. The Bertz CT molecular complexity index is 2610. The number of methoxy groups -OCH3 is 1. The Kier molecular flexibility index (Phi) is 8.14. The van der Waals surface area contributed by atoms with Gasteiger partial charge in [-0.2, -0.15) is 0 Å². The molecule has 2 aliphatic heterocycles. The molecule has 57 heavy (non-hydrogen) atoms. The quantitative estimate of drug-likeness (QED) is 0.0478. The third kappa shape index (κ3) is 4.78. The van der Waals surface area contributed by atoms with Crippen LogP contribution in [0.5, 0.6) is 11.5 Å². The average Bonchev–Trinajstić information content (AvgIpc) is 3.80. The van der Waals surface area contributed by atoms with Crippen molar-refractivity contribution >= 4 is 69.3 Å². The number of hydrogen-bond donors (Lipinski definition) is 1. The molecule has 4 aliphatic rings. The Balaban J connectivity index is 1.16. The molecule has 0 bridgehead atoms. The highest BCUT2D eigenvalue weighted by Gasteiger charge is 2.77. The average molecular weight is 825 g/mol. The van der Waals surface area contributed by atoms with E-state index in [4.69, 9.17) is 32.4 Å². The van der Waals surface area contributed by atoms with Crippen LogP contribution in [0.2, 0.25) is 0 Å². The van der Waals surface area contributed by atoms with Crippen LogP contribution in [0.1, 0.15) is 24.3 Å². The van der Waals surface area contributed by atoms with Crippen LogP contribution in [0.4, 0.5) is 33.3 Å². The number of phenolic OH excluding ortho intramolecular Hbond substituents is 1. The number of phenols is 1. The second-order valence-corrected chi connectivity index (χ2v) is 15.4. The van der Waals surface area contributed by atoms with Gasteiger partial charge in [0.2, 0.25) is 23.5 Å². The summed E-state index contributed by atoms with van der Waals surface area (Å²) in [5.41, 5.74) is 0.00669. The number of alkyl halides is 2. The second kappa shape index (κ2) is 12.6. The van der Waals surface area contributed by atoms with Crippen molar-refractivity contribution in [2.24, 2.45) is 17.8 Å². The number of allylic oxidation sites excluding steroid dienone is 2. The molecule has 5 aromatic rings. The number of imide groups is 2. The Morgan fingerprint density at radius 1 is 0.807 bits per heavy atom. The monoisotopic (exact) mass is 823 g/mol. The number of carbonyl (C=O) groups is 4. The van der Waals surface area contributed by atoms with Crippen molar-refractivity contribution in [2.45, 2.75) is 28.5 Å². The van der Waals surface area contributed by atoms with Gasteiger partial charge in [-0.1, -0.05) is 35.9 Å². The predicted octanol–water partition coefficient (Wildman–Crippen LogP) is 7.67. The SMILES string of the molecule is COc1cccc([C@H]2C3=CC[C@@H]4C(=O)N(c5ccc(-c6nc7ccccc7o6)cc5)C(=O)[C@@H]4[C@@H]3C[C@@]3(Cl)C(=O)N(c4c(F)c(F)c(F)c(F)c4F)C(=O)[C@@]23Cl)c1O. The number of aromatic hydroxyl groups is 1. The van der Waals surface area contributed by atoms with E-state index in [-0.39, 0.29) is 33.9 Å². The topological polar surface area (TPSA) is 130 Å². The van der Waals surface area contributed by atoms with Crippen LogP contribution >= 0.6 is 23.2 Å². The van der Waals surface area contributed by atoms with Gasteiger partial charge in [0.1, 0.15) is 11.2 Å². The van der Waals surface area contributed by atoms with E-state index in [0.717, 1.165) is 4.90 Å². The standard InChI is InChI=1S/C40H24Cl2F5N3O7/c1-56-24-8-4-5-20(33(24)51)26-18-13-14-19-25(36(53)49(35(19)52)17-11-9-16(10-12-17)34-48-22-6-2-3-7-23(22)57-34)21(18)15-39(41)37(54)50(38(55)40(26,39)42)32-30(46)28(44)27(43)29(45)31(32)47/h2-13,19,21,25-26,51H,14-15H2,1H3/t19-,21+,25-,26+,39+,40-/m0/s1. The number of ether oxygens (including phenoxy) is 1. The second-order valence-electron chi connectivity index (χ2n) is 14.1. The van der Waals surface area contributed by atoms with E-state index in [1.807, 2.05) is 0 Å². The maximum atomic E-state index is 15.3. The number of fused-ring (bicyclic) bond motifs is 5. The highest BCUT2D eigenvalue weighted by molar-refractivity contribution is 6.58. The number of carbonyl (C=O) groups excluding carboxylic acids is 4. The van der Waals surface area contributed by atoms with E-state index < -0.39 is 104 Å². The van der Waals surface area contributed by atoms with Crippen LogP contribution in [0.25, 0.3) is 22.6 Å². The van der Waals surface area contributed by atoms with Crippen molar-refractivity contribution < 1.29 is 55.4 Å². The van der Waals surface area contributed by atoms with Gasteiger partial charge in [-0.25, -0.2) is 31.8 Å². The molecule has 6 atom stereocenters. The third-order valence-electron chi connectivity index (χ3n) is 11.4. The number of benzene rings is 4.